The van der Waals surface area contributed by atoms with Gasteiger partial charge in [-0.1, -0.05) is 17.7 Å². The van der Waals surface area contributed by atoms with E-state index in [0.29, 0.717) is 43.2 Å². The van der Waals surface area contributed by atoms with Crippen molar-refractivity contribution in [1.29, 1.82) is 0 Å². The molecule has 1 aliphatic heterocycles. The zero-order valence-corrected chi connectivity index (χ0v) is 15.3. The second-order valence-corrected chi connectivity index (χ2v) is 5.95. The molecule has 0 saturated carbocycles. The number of benzene rings is 1. The van der Waals surface area contributed by atoms with Gasteiger partial charge in [0.1, 0.15) is 0 Å². The van der Waals surface area contributed by atoms with Crippen LogP contribution in [0.3, 0.4) is 0 Å². The van der Waals surface area contributed by atoms with E-state index in [4.69, 9.17) is 17.3 Å². The lowest BCUT2D eigenvalue weighted by molar-refractivity contribution is -0.132. The van der Waals surface area contributed by atoms with Gasteiger partial charge in [0.2, 0.25) is 11.8 Å². The lowest BCUT2D eigenvalue weighted by atomic mass is 10.2. The third kappa shape index (κ3) is 6.19. The summed E-state index contributed by atoms with van der Waals surface area (Å²) in [4.78, 5) is 39.1. The number of nitrogens with two attached hydrogens (primary N) is 1. The lowest BCUT2D eigenvalue weighted by Gasteiger charge is -2.22. The third-order valence-electron chi connectivity index (χ3n) is 3.83. The van der Waals surface area contributed by atoms with Gasteiger partial charge < -0.3 is 20.9 Å². The second kappa shape index (κ2) is 10.2. The first-order valence-corrected chi connectivity index (χ1v) is 8.18. The summed E-state index contributed by atoms with van der Waals surface area (Å²) in [6, 6.07) is 6.82. The molecule has 25 heavy (non-hydrogen) atoms. The van der Waals surface area contributed by atoms with E-state index in [1.165, 1.54) is 0 Å². The number of nitrogens with one attached hydrogen (secondary N) is 1. The van der Waals surface area contributed by atoms with Gasteiger partial charge in [0.15, 0.2) is 0 Å². The van der Waals surface area contributed by atoms with Gasteiger partial charge in [-0.05, 0) is 24.6 Å². The van der Waals surface area contributed by atoms with Crippen LogP contribution in [0.4, 0.5) is 0 Å². The molecular formula is C16H22Cl2N4O3. The van der Waals surface area contributed by atoms with Crippen LogP contribution in [0.5, 0.6) is 0 Å². The van der Waals surface area contributed by atoms with Gasteiger partial charge >= 0.3 is 0 Å². The van der Waals surface area contributed by atoms with Crippen LogP contribution in [0, 0.1) is 0 Å². The maximum absolute atomic E-state index is 12.5. The fourth-order valence-electron chi connectivity index (χ4n) is 2.53. The Morgan fingerprint density at radius 3 is 2.48 bits per heavy atom. The minimum atomic E-state index is -0.365. The van der Waals surface area contributed by atoms with Crippen molar-refractivity contribution in [2.75, 3.05) is 39.3 Å². The Bertz CT molecular complexity index is 627. The molecule has 138 valence electrons. The first-order chi connectivity index (χ1) is 11.5. The average molecular weight is 389 g/mol. The molecule has 1 aromatic carbocycles. The number of carbonyl (C=O) groups excluding carboxylic acids is 3. The summed E-state index contributed by atoms with van der Waals surface area (Å²) < 4.78 is 0. The first-order valence-electron chi connectivity index (χ1n) is 7.80. The van der Waals surface area contributed by atoms with Crippen LogP contribution in [0.25, 0.3) is 0 Å². The molecule has 7 nitrogen and oxygen atoms in total. The summed E-state index contributed by atoms with van der Waals surface area (Å²) in [5.74, 6) is -0.631. The molecule has 1 aromatic rings. The zero-order valence-electron chi connectivity index (χ0n) is 13.7. The maximum atomic E-state index is 12.5. The molecule has 1 saturated heterocycles. The molecule has 0 radical (unpaired) electrons. The Morgan fingerprint density at radius 2 is 1.80 bits per heavy atom. The molecule has 2 rings (SSSR count). The van der Waals surface area contributed by atoms with Crippen LogP contribution >= 0.6 is 24.0 Å². The highest BCUT2D eigenvalue weighted by Gasteiger charge is 2.23. The Labute approximate surface area is 157 Å². The molecular weight excluding hydrogens is 367 g/mol. The quantitative estimate of drug-likeness (QED) is 0.785. The number of hydrogen-bond acceptors (Lipinski definition) is 4. The van der Waals surface area contributed by atoms with E-state index in [2.05, 4.69) is 5.32 Å². The largest absolute Gasteiger partial charge is 0.346 e. The molecule has 1 heterocycles. The van der Waals surface area contributed by atoms with E-state index in [0.717, 1.165) is 0 Å². The van der Waals surface area contributed by atoms with Gasteiger partial charge in [-0.15, -0.1) is 12.4 Å². The highest BCUT2D eigenvalue weighted by atomic mass is 35.5. The Kier molecular flexibility index (Phi) is 8.68. The predicted molar refractivity (Wildman–Crippen MR) is 97.9 cm³/mol. The monoisotopic (exact) mass is 388 g/mol. The number of amides is 3. The molecule has 1 fully saturated rings. The number of rotatable bonds is 4. The van der Waals surface area contributed by atoms with E-state index in [1.807, 2.05) is 0 Å². The second-order valence-electron chi connectivity index (χ2n) is 5.52. The third-order valence-corrected chi connectivity index (χ3v) is 4.06. The summed E-state index contributed by atoms with van der Waals surface area (Å²) in [6.45, 7) is 1.79. The van der Waals surface area contributed by atoms with Gasteiger partial charge in [-0.2, -0.15) is 0 Å². The number of nitrogens with zero attached hydrogens (tertiary/aromatic N) is 2. The lowest BCUT2D eigenvalue weighted by Crippen LogP contribution is -2.43. The fourth-order valence-corrected chi connectivity index (χ4v) is 2.72. The van der Waals surface area contributed by atoms with Crippen LogP contribution in [-0.2, 0) is 9.59 Å². The summed E-state index contributed by atoms with van der Waals surface area (Å²) in [5.41, 5.74) is 5.73. The minimum Gasteiger partial charge on any atom is -0.346 e. The topological polar surface area (TPSA) is 95.7 Å². The normalized spacial score (nSPS) is 14.3. The van der Waals surface area contributed by atoms with Crippen molar-refractivity contribution in [2.45, 2.75) is 6.42 Å². The van der Waals surface area contributed by atoms with E-state index >= 15 is 0 Å². The van der Waals surface area contributed by atoms with Crippen LogP contribution in [0.2, 0.25) is 5.02 Å². The summed E-state index contributed by atoms with van der Waals surface area (Å²) in [6.07, 6.45) is 0.683. The van der Waals surface area contributed by atoms with Gasteiger partial charge in [0, 0.05) is 36.8 Å². The van der Waals surface area contributed by atoms with Crippen LogP contribution in [0.1, 0.15) is 16.8 Å². The highest BCUT2D eigenvalue weighted by Crippen LogP contribution is 2.14. The van der Waals surface area contributed by atoms with Crippen LogP contribution in [0.15, 0.2) is 24.3 Å². The highest BCUT2D eigenvalue weighted by molar-refractivity contribution is 6.30. The van der Waals surface area contributed by atoms with Crippen molar-refractivity contribution in [2.24, 2.45) is 5.73 Å². The molecule has 9 heteroatoms. The van der Waals surface area contributed by atoms with Crippen molar-refractivity contribution in [1.82, 2.24) is 15.1 Å². The van der Waals surface area contributed by atoms with E-state index < -0.39 is 0 Å². The van der Waals surface area contributed by atoms with E-state index in [9.17, 15) is 14.4 Å². The molecule has 3 N–H and O–H groups in total. The number of carbonyl (C=O) groups is 3. The standard InChI is InChI=1S/C16H21ClN4O3.ClH/c17-13-4-1-3-12(9-13)16(24)21-6-2-5-20(7-8-21)15(23)11-19-14(22)10-18;/h1,3-4,9H,2,5-8,10-11,18H2,(H,19,22);1H. The molecule has 0 aliphatic carbocycles. The van der Waals surface area contributed by atoms with Crippen LogP contribution in [-0.4, -0.2) is 66.8 Å². The van der Waals surface area contributed by atoms with Crippen molar-refractivity contribution in [3.8, 4) is 0 Å². The molecule has 0 atom stereocenters. The maximum Gasteiger partial charge on any atom is 0.253 e. The van der Waals surface area contributed by atoms with Gasteiger partial charge in [-0.3, -0.25) is 14.4 Å². The Balaban J connectivity index is 0.00000312. The first kappa shape index (κ1) is 21.2. The van der Waals surface area contributed by atoms with Crippen molar-refractivity contribution in [3.05, 3.63) is 34.9 Å². The van der Waals surface area contributed by atoms with Gasteiger partial charge in [0.25, 0.3) is 5.91 Å². The van der Waals surface area contributed by atoms with E-state index in [1.54, 1.807) is 34.1 Å². The van der Waals surface area contributed by atoms with E-state index in [-0.39, 0.29) is 43.2 Å². The summed E-state index contributed by atoms with van der Waals surface area (Å²) >= 11 is 5.93. The SMILES string of the molecule is Cl.NCC(=O)NCC(=O)N1CCCN(C(=O)c2cccc(Cl)c2)CC1. The Hall–Kier alpha value is -1.83. The van der Waals surface area contributed by atoms with Gasteiger partial charge in [-0.25, -0.2) is 0 Å². The van der Waals surface area contributed by atoms with Crippen molar-refractivity contribution >= 4 is 41.7 Å². The predicted octanol–water partition coefficient (Wildman–Crippen LogP) is 0.511. The molecule has 1 aliphatic rings. The zero-order chi connectivity index (χ0) is 17.5. The number of hydrogen-bond donors (Lipinski definition) is 2. The number of halogens is 2. The molecule has 0 aromatic heterocycles. The molecule has 0 spiro atoms. The molecule has 3 amide bonds. The average Bonchev–Trinajstić information content (AvgIpc) is 2.84. The summed E-state index contributed by atoms with van der Waals surface area (Å²) in [5, 5.41) is 2.98. The smallest absolute Gasteiger partial charge is 0.253 e. The molecule has 0 bridgehead atoms. The van der Waals surface area contributed by atoms with Crippen LogP contribution < -0.4 is 11.1 Å². The molecule has 0 unspecified atom stereocenters. The van der Waals surface area contributed by atoms with Gasteiger partial charge in [0.05, 0.1) is 13.1 Å². The summed E-state index contributed by atoms with van der Waals surface area (Å²) in [7, 11) is 0. The van der Waals surface area contributed by atoms with Crippen molar-refractivity contribution < 1.29 is 14.4 Å². The fraction of sp³-hybridized carbons (Fsp3) is 0.438. The minimum absolute atomic E-state index is 0. The van der Waals surface area contributed by atoms with Crippen molar-refractivity contribution in [3.63, 3.8) is 0 Å². The Morgan fingerprint density at radius 1 is 1.12 bits per heavy atom.